The molecular weight excluding hydrogens is 175 g/mol. The molecule has 2 rings (SSSR count). The second-order valence-corrected chi connectivity index (χ2v) is 9.48. The first-order chi connectivity index (χ1) is 6.15. The summed E-state index contributed by atoms with van der Waals surface area (Å²) in [7, 11) is -0.648. The Labute approximate surface area is 83.1 Å². The van der Waals surface area contributed by atoms with Gasteiger partial charge >= 0.3 is 0 Å². The molecule has 0 aromatic heterocycles. The average molecular weight is 197 g/mol. The van der Waals surface area contributed by atoms with Gasteiger partial charge < -0.3 is 0 Å². The molecular formula is C12H22P+. The summed E-state index contributed by atoms with van der Waals surface area (Å²) < 4.78 is 0. The van der Waals surface area contributed by atoms with E-state index in [4.69, 9.17) is 0 Å². The van der Waals surface area contributed by atoms with Gasteiger partial charge in [0, 0.05) is 19.1 Å². The molecule has 1 aliphatic heterocycles. The first-order valence-electron chi connectivity index (χ1n) is 5.65. The van der Waals surface area contributed by atoms with Gasteiger partial charge in [0.2, 0.25) is 0 Å². The van der Waals surface area contributed by atoms with Crippen LogP contribution in [-0.2, 0) is 0 Å². The molecule has 1 heteroatoms. The molecule has 0 radical (unpaired) electrons. The predicted molar refractivity (Wildman–Crippen MR) is 62.8 cm³/mol. The lowest BCUT2D eigenvalue weighted by Crippen LogP contribution is -2.15. The predicted octanol–water partition coefficient (Wildman–Crippen LogP) is 3.99. The zero-order valence-corrected chi connectivity index (χ0v) is 10.1. The molecule has 0 aromatic rings. The van der Waals surface area contributed by atoms with Crippen LogP contribution in [0.5, 0.6) is 0 Å². The van der Waals surface area contributed by atoms with Gasteiger partial charge in [-0.1, -0.05) is 12.8 Å². The van der Waals surface area contributed by atoms with E-state index in [0.717, 1.165) is 11.8 Å². The maximum absolute atomic E-state index is 2.54. The molecule has 1 aliphatic carbocycles. The normalized spacial score (nSPS) is 40.7. The van der Waals surface area contributed by atoms with E-state index in [1.165, 1.54) is 25.7 Å². The summed E-state index contributed by atoms with van der Waals surface area (Å²) in [5, 5.41) is 1.87. The van der Waals surface area contributed by atoms with E-state index in [-0.39, 0.29) is 0 Å². The number of fused-ring (bicyclic) bond motifs is 1. The maximum Gasteiger partial charge on any atom is 0.0702 e. The van der Waals surface area contributed by atoms with Crippen molar-refractivity contribution in [1.82, 2.24) is 0 Å². The van der Waals surface area contributed by atoms with Crippen molar-refractivity contribution in [2.24, 2.45) is 11.8 Å². The molecule has 1 saturated heterocycles. The second kappa shape index (κ2) is 3.39. The minimum absolute atomic E-state index is 0.648. The topological polar surface area (TPSA) is 0 Å². The van der Waals surface area contributed by atoms with Gasteiger partial charge in [-0.3, -0.25) is 0 Å². The Kier molecular flexibility index (Phi) is 2.53. The van der Waals surface area contributed by atoms with E-state index in [0.29, 0.717) is 0 Å². The molecule has 0 nitrogen and oxygen atoms in total. The van der Waals surface area contributed by atoms with Crippen molar-refractivity contribution in [2.75, 3.05) is 19.5 Å². The Morgan fingerprint density at radius 3 is 2.62 bits per heavy atom. The summed E-state index contributed by atoms with van der Waals surface area (Å²) >= 11 is 0. The smallest absolute Gasteiger partial charge is 0.0529 e. The molecule has 0 bridgehead atoms. The fourth-order valence-electron chi connectivity index (χ4n) is 3.52. The Morgan fingerprint density at radius 2 is 1.92 bits per heavy atom. The zero-order chi connectivity index (χ0) is 9.47. The van der Waals surface area contributed by atoms with Crippen LogP contribution in [-0.4, -0.2) is 19.5 Å². The van der Waals surface area contributed by atoms with Crippen molar-refractivity contribution in [3.8, 4) is 0 Å². The largest absolute Gasteiger partial charge is 0.0702 e. The standard InChI is InChI=1S/C12H22P/c1-4-12-11-8-6-5-7-10(11)9-13(12,2)3/h4,10-11H,5-9H2,1-3H3/q+1/b12-4+. The van der Waals surface area contributed by atoms with Gasteiger partial charge in [0.05, 0.1) is 24.8 Å². The molecule has 13 heavy (non-hydrogen) atoms. The number of rotatable bonds is 0. The van der Waals surface area contributed by atoms with Crippen LogP contribution in [0.4, 0.5) is 0 Å². The van der Waals surface area contributed by atoms with E-state index in [1.807, 2.05) is 5.31 Å². The maximum atomic E-state index is 2.54. The van der Waals surface area contributed by atoms with Crippen LogP contribution in [0.2, 0.25) is 0 Å². The first-order valence-corrected chi connectivity index (χ1v) is 8.52. The summed E-state index contributed by atoms with van der Waals surface area (Å²) in [5.41, 5.74) is 0. The molecule has 2 atom stereocenters. The highest BCUT2D eigenvalue weighted by molar-refractivity contribution is 7.78. The van der Waals surface area contributed by atoms with Crippen LogP contribution in [0.3, 0.4) is 0 Å². The zero-order valence-electron chi connectivity index (χ0n) is 9.21. The van der Waals surface area contributed by atoms with Crippen molar-refractivity contribution in [3.05, 3.63) is 11.4 Å². The minimum atomic E-state index is -0.648. The van der Waals surface area contributed by atoms with Crippen molar-refractivity contribution in [3.63, 3.8) is 0 Å². The fourth-order valence-corrected chi connectivity index (χ4v) is 7.28. The van der Waals surface area contributed by atoms with Crippen LogP contribution < -0.4 is 0 Å². The summed E-state index contributed by atoms with van der Waals surface area (Å²) in [4.78, 5) is 0. The Bertz CT molecular complexity index is 227. The van der Waals surface area contributed by atoms with Crippen molar-refractivity contribution in [1.29, 1.82) is 0 Å². The molecule has 0 spiro atoms. The fraction of sp³-hybridized carbons (Fsp3) is 0.833. The second-order valence-electron chi connectivity index (χ2n) is 5.23. The summed E-state index contributed by atoms with van der Waals surface area (Å²) in [5.74, 6) is 2.07. The molecule has 74 valence electrons. The number of allylic oxidation sites excluding steroid dienone is 2. The van der Waals surface area contributed by atoms with E-state index in [9.17, 15) is 0 Å². The van der Waals surface area contributed by atoms with E-state index < -0.39 is 7.26 Å². The van der Waals surface area contributed by atoms with E-state index >= 15 is 0 Å². The molecule has 0 aromatic carbocycles. The number of hydrogen-bond donors (Lipinski definition) is 0. The van der Waals surface area contributed by atoms with Gasteiger partial charge in [0.15, 0.2) is 0 Å². The highest BCUT2D eigenvalue weighted by Crippen LogP contribution is 2.71. The Balaban J connectivity index is 2.25. The average Bonchev–Trinajstić information content (AvgIpc) is 2.33. The molecule has 0 N–H and O–H groups in total. The van der Waals surface area contributed by atoms with Gasteiger partial charge in [0.1, 0.15) is 0 Å². The van der Waals surface area contributed by atoms with Gasteiger partial charge in [-0.05, 0) is 25.8 Å². The number of hydrogen-bond acceptors (Lipinski definition) is 0. The summed E-state index contributed by atoms with van der Waals surface area (Å²) in [6, 6.07) is 0. The van der Waals surface area contributed by atoms with Crippen LogP contribution in [0.15, 0.2) is 11.4 Å². The van der Waals surface area contributed by atoms with Crippen LogP contribution in [0.25, 0.3) is 0 Å². The van der Waals surface area contributed by atoms with Gasteiger partial charge in [0.25, 0.3) is 0 Å². The third-order valence-corrected chi connectivity index (χ3v) is 7.34. The summed E-state index contributed by atoms with van der Waals surface area (Å²) in [6.07, 6.45) is 10.00. The summed E-state index contributed by atoms with van der Waals surface area (Å²) in [6.45, 7) is 7.34. The quantitative estimate of drug-likeness (QED) is 0.515. The van der Waals surface area contributed by atoms with Gasteiger partial charge in [-0.15, -0.1) is 0 Å². The minimum Gasteiger partial charge on any atom is -0.0529 e. The molecule has 0 amide bonds. The van der Waals surface area contributed by atoms with Crippen LogP contribution in [0.1, 0.15) is 32.6 Å². The molecule has 1 saturated carbocycles. The highest BCUT2D eigenvalue weighted by atomic mass is 31.2. The first kappa shape index (κ1) is 9.71. The molecule has 2 aliphatic rings. The molecule has 2 unspecified atom stereocenters. The Morgan fingerprint density at radius 1 is 1.23 bits per heavy atom. The lowest BCUT2D eigenvalue weighted by Gasteiger charge is -2.22. The van der Waals surface area contributed by atoms with Crippen LogP contribution in [0, 0.1) is 11.8 Å². The Hall–Kier alpha value is 0.170. The van der Waals surface area contributed by atoms with Crippen molar-refractivity contribution < 1.29 is 0 Å². The van der Waals surface area contributed by atoms with Crippen molar-refractivity contribution in [2.45, 2.75) is 32.6 Å². The van der Waals surface area contributed by atoms with Gasteiger partial charge in [-0.2, -0.15) is 0 Å². The third kappa shape index (κ3) is 1.59. The molecule has 2 fully saturated rings. The highest BCUT2D eigenvalue weighted by Gasteiger charge is 2.49. The lowest BCUT2D eigenvalue weighted by molar-refractivity contribution is 0.318. The molecule has 1 heterocycles. The van der Waals surface area contributed by atoms with Crippen LogP contribution >= 0.6 is 7.26 Å². The van der Waals surface area contributed by atoms with Crippen molar-refractivity contribution >= 4 is 7.26 Å². The van der Waals surface area contributed by atoms with E-state index in [1.54, 1.807) is 6.16 Å². The van der Waals surface area contributed by atoms with Gasteiger partial charge in [-0.25, -0.2) is 0 Å². The SMILES string of the molecule is C/C=C1\C2CCCCC2C[P+]1(C)C. The lowest BCUT2D eigenvalue weighted by atomic mass is 9.80. The third-order valence-electron chi connectivity index (χ3n) is 3.97. The monoisotopic (exact) mass is 197 g/mol. The van der Waals surface area contributed by atoms with E-state index in [2.05, 4.69) is 26.3 Å².